The Balaban J connectivity index is 1.57. The van der Waals surface area contributed by atoms with E-state index in [1.165, 1.54) is 10.6 Å². The standard InChI is InChI=1S/C20H25N3O3S/c1-15(16-3-5-17(6-4-16)18-7-11-21-12-8-18)22-20(24)19-9-13-23(14-10-19)27(2,25)26/h3-8,11-12,15,19H,9-10,13-14H2,1-2H3,(H,22,24). The largest absolute Gasteiger partial charge is 0.349 e. The van der Waals surface area contributed by atoms with Gasteiger partial charge in [-0.3, -0.25) is 9.78 Å². The number of carbonyl (C=O) groups is 1. The molecule has 2 aromatic rings. The second-order valence-electron chi connectivity index (χ2n) is 7.02. The first-order valence-corrected chi connectivity index (χ1v) is 11.0. The SMILES string of the molecule is CC(NC(=O)C1CCN(S(C)(=O)=O)CC1)c1ccc(-c2ccncc2)cc1. The summed E-state index contributed by atoms with van der Waals surface area (Å²) in [5.74, 6) is -0.143. The van der Waals surface area contributed by atoms with Crippen LogP contribution in [0.25, 0.3) is 11.1 Å². The normalized spacial score (nSPS) is 17.4. The van der Waals surface area contributed by atoms with Crippen molar-refractivity contribution in [1.82, 2.24) is 14.6 Å². The van der Waals surface area contributed by atoms with Crippen molar-refractivity contribution in [3.05, 3.63) is 54.4 Å². The van der Waals surface area contributed by atoms with E-state index in [2.05, 4.69) is 10.3 Å². The van der Waals surface area contributed by atoms with E-state index in [4.69, 9.17) is 0 Å². The zero-order valence-corrected chi connectivity index (χ0v) is 16.4. The maximum Gasteiger partial charge on any atom is 0.223 e. The molecule has 144 valence electrons. The van der Waals surface area contributed by atoms with Gasteiger partial charge in [0.05, 0.1) is 12.3 Å². The molecule has 1 fully saturated rings. The number of carbonyl (C=O) groups excluding carboxylic acids is 1. The summed E-state index contributed by atoms with van der Waals surface area (Å²) in [7, 11) is -3.17. The molecule has 27 heavy (non-hydrogen) atoms. The van der Waals surface area contributed by atoms with Crippen LogP contribution in [0, 0.1) is 5.92 Å². The summed E-state index contributed by atoms with van der Waals surface area (Å²) < 4.78 is 24.6. The summed E-state index contributed by atoms with van der Waals surface area (Å²) in [6.07, 6.45) is 5.87. The van der Waals surface area contributed by atoms with Crippen molar-refractivity contribution in [2.75, 3.05) is 19.3 Å². The van der Waals surface area contributed by atoms with E-state index in [1.54, 1.807) is 12.4 Å². The maximum absolute atomic E-state index is 12.5. The van der Waals surface area contributed by atoms with Gasteiger partial charge in [-0.05, 0) is 48.6 Å². The van der Waals surface area contributed by atoms with Crippen LogP contribution in [0.1, 0.15) is 31.4 Å². The van der Waals surface area contributed by atoms with E-state index in [0.717, 1.165) is 16.7 Å². The van der Waals surface area contributed by atoms with Crippen molar-refractivity contribution in [1.29, 1.82) is 0 Å². The first kappa shape index (κ1) is 19.5. The number of sulfonamides is 1. The summed E-state index contributed by atoms with van der Waals surface area (Å²) in [6.45, 7) is 2.78. The minimum absolute atomic E-state index is 0.00568. The predicted molar refractivity (Wildman–Crippen MR) is 105 cm³/mol. The maximum atomic E-state index is 12.5. The molecule has 1 aromatic heterocycles. The smallest absolute Gasteiger partial charge is 0.223 e. The first-order valence-electron chi connectivity index (χ1n) is 9.10. The molecule has 0 aliphatic carbocycles. The highest BCUT2D eigenvalue weighted by molar-refractivity contribution is 7.88. The van der Waals surface area contributed by atoms with Crippen molar-refractivity contribution < 1.29 is 13.2 Å². The third-order valence-corrected chi connectivity index (χ3v) is 6.38. The van der Waals surface area contributed by atoms with E-state index in [-0.39, 0.29) is 17.9 Å². The highest BCUT2D eigenvalue weighted by Gasteiger charge is 2.29. The number of amides is 1. The summed E-state index contributed by atoms with van der Waals surface area (Å²) in [4.78, 5) is 16.6. The molecule has 0 spiro atoms. The monoisotopic (exact) mass is 387 g/mol. The van der Waals surface area contributed by atoms with Gasteiger partial charge in [0.1, 0.15) is 0 Å². The fraction of sp³-hybridized carbons (Fsp3) is 0.400. The Kier molecular flexibility index (Phi) is 5.92. The molecule has 0 bridgehead atoms. The van der Waals surface area contributed by atoms with Gasteiger partial charge in [-0.1, -0.05) is 24.3 Å². The van der Waals surface area contributed by atoms with Gasteiger partial charge >= 0.3 is 0 Å². The summed E-state index contributed by atoms with van der Waals surface area (Å²) in [5.41, 5.74) is 3.24. The Hall–Kier alpha value is -2.25. The zero-order valence-electron chi connectivity index (χ0n) is 15.6. The lowest BCUT2D eigenvalue weighted by molar-refractivity contribution is -0.126. The lowest BCUT2D eigenvalue weighted by Crippen LogP contribution is -2.43. The molecule has 1 N–H and O–H groups in total. The number of hydrogen-bond donors (Lipinski definition) is 1. The van der Waals surface area contributed by atoms with Gasteiger partial charge in [-0.2, -0.15) is 0 Å². The average Bonchev–Trinajstić information content (AvgIpc) is 2.68. The average molecular weight is 388 g/mol. The highest BCUT2D eigenvalue weighted by atomic mass is 32.2. The lowest BCUT2D eigenvalue weighted by Gasteiger charge is -2.30. The van der Waals surface area contributed by atoms with E-state index in [9.17, 15) is 13.2 Å². The van der Waals surface area contributed by atoms with Crippen LogP contribution < -0.4 is 5.32 Å². The molecule has 1 amide bonds. The second kappa shape index (κ2) is 8.19. The molecule has 1 aromatic carbocycles. The number of benzene rings is 1. The van der Waals surface area contributed by atoms with E-state index >= 15 is 0 Å². The fourth-order valence-electron chi connectivity index (χ4n) is 3.37. The van der Waals surface area contributed by atoms with Gasteiger partial charge in [0.25, 0.3) is 0 Å². The number of hydrogen-bond acceptors (Lipinski definition) is 4. The number of piperidine rings is 1. The Bertz CT molecular complexity index is 874. The van der Waals surface area contributed by atoms with E-state index < -0.39 is 10.0 Å². The molecule has 3 rings (SSSR count). The molecule has 1 unspecified atom stereocenters. The third-order valence-electron chi connectivity index (χ3n) is 5.08. The van der Waals surface area contributed by atoms with Crippen LogP contribution in [0.4, 0.5) is 0 Å². The van der Waals surface area contributed by atoms with E-state index in [1.807, 2.05) is 43.3 Å². The van der Waals surface area contributed by atoms with Gasteiger partial charge < -0.3 is 5.32 Å². The van der Waals surface area contributed by atoms with Crippen LogP contribution in [0.5, 0.6) is 0 Å². The van der Waals surface area contributed by atoms with Crippen LogP contribution in [-0.2, 0) is 14.8 Å². The minimum atomic E-state index is -3.17. The van der Waals surface area contributed by atoms with Crippen LogP contribution in [0.15, 0.2) is 48.8 Å². The molecule has 1 atom stereocenters. The quantitative estimate of drug-likeness (QED) is 0.855. The van der Waals surface area contributed by atoms with E-state index in [0.29, 0.717) is 25.9 Å². The molecule has 1 saturated heterocycles. The summed E-state index contributed by atoms with van der Waals surface area (Å²) >= 11 is 0. The number of pyridine rings is 1. The Morgan fingerprint density at radius 3 is 2.19 bits per heavy atom. The molecule has 0 radical (unpaired) electrons. The fourth-order valence-corrected chi connectivity index (χ4v) is 4.25. The number of nitrogens with one attached hydrogen (secondary N) is 1. The third kappa shape index (κ3) is 4.93. The van der Waals surface area contributed by atoms with Crippen LogP contribution in [-0.4, -0.2) is 43.0 Å². The lowest BCUT2D eigenvalue weighted by atomic mass is 9.96. The molecule has 7 heteroatoms. The Morgan fingerprint density at radius 1 is 1.07 bits per heavy atom. The number of nitrogens with zero attached hydrogens (tertiary/aromatic N) is 2. The summed E-state index contributed by atoms with van der Waals surface area (Å²) in [5, 5.41) is 3.06. The van der Waals surface area contributed by atoms with Gasteiger partial charge in [0.15, 0.2) is 0 Å². The predicted octanol–water partition coefficient (Wildman–Crippen LogP) is 2.60. The van der Waals surface area contributed by atoms with Crippen molar-refractivity contribution in [3.8, 4) is 11.1 Å². The van der Waals surface area contributed by atoms with Gasteiger partial charge in [0.2, 0.25) is 15.9 Å². The van der Waals surface area contributed by atoms with Gasteiger partial charge in [-0.25, -0.2) is 12.7 Å². The highest BCUT2D eigenvalue weighted by Crippen LogP contribution is 2.23. The number of rotatable bonds is 5. The molecule has 6 nitrogen and oxygen atoms in total. The van der Waals surface area contributed by atoms with Crippen molar-refractivity contribution in [2.24, 2.45) is 5.92 Å². The molecule has 2 heterocycles. The van der Waals surface area contributed by atoms with Crippen LogP contribution in [0.3, 0.4) is 0 Å². The topological polar surface area (TPSA) is 79.4 Å². The van der Waals surface area contributed by atoms with Crippen LogP contribution in [0.2, 0.25) is 0 Å². The second-order valence-corrected chi connectivity index (χ2v) is 9.01. The van der Waals surface area contributed by atoms with Gasteiger partial charge in [-0.15, -0.1) is 0 Å². The van der Waals surface area contributed by atoms with Crippen molar-refractivity contribution in [2.45, 2.75) is 25.8 Å². The van der Waals surface area contributed by atoms with Crippen molar-refractivity contribution >= 4 is 15.9 Å². The minimum Gasteiger partial charge on any atom is -0.349 e. The zero-order chi connectivity index (χ0) is 19.4. The summed E-state index contributed by atoms with van der Waals surface area (Å²) in [6, 6.07) is 11.9. The van der Waals surface area contributed by atoms with Gasteiger partial charge in [0, 0.05) is 31.4 Å². The number of aromatic nitrogens is 1. The molecule has 0 saturated carbocycles. The molecule has 1 aliphatic rings. The molecular weight excluding hydrogens is 362 g/mol. The Morgan fingerprint density at radius 2 is 1.63 bits per heavy atom. The van der Waals surface area contributed by atoms with Crippen LogP contribution >= 0.6 is 0 Å². The Labute approximate surface area is 160 Å². The first-order chi connectivity index (χ1) is 12.8. The molecule has 1 aliphatic heterocycles. The molecular formula is C20H25N3O3S. The van der Waals surface area contributed by atoms with Crippen molar-refractivity contribution in [3.63, 3.8) is 0 Å².